The van der Waals surface area contributed by atoms with Crippen LogP contribution in [0.5, 0.6) is 0 Å². The second kappa shape index (κ2) is 7.39. The van der Waals surface area contributed by atoms with Crippen molar-refractivity contribution >= 4 is 39.5 Å². The maximum atomic E-state index is 13.0. The average molecular weight is 444 g/mol. The second-order valence-corrected chi connectivity index (χ2v) is 9.30. The molecule has 7 heteroatoms. The normalized spacial score (nSPS) is 25.1. The molecule has 0 aromatic heterocycles. The Morgan fingerprint density at radius 3 is 2.38 bits per heavy atom. The fourth-order valence-corrected chi connectivity index (χ4v) is 4.38. The minimum Gasteiger partial charge on any atom is -0.444 e. The molecule has 2 heterocycles. The highest BCUT2D eigenvalue weighted by Gasteiger charge is 2.44. The lowest BCUT2D eigenvalue weighted by Gasteiger charge is -2.39. The van der Waals surface area contributed by atoms with Crippen molar-refractivity contribution in [1.29, 1.82) is 0 Å². The summed E-state index contributed by atoms with van der Waals surface area (Å²) in [5.41, 5.74) is 0.124. The highest BCUT2D eigenvalue weighted by Crippen LogP contribution is 2.37. The molecule has 2 aliphatic rings. The molecule has 0 aliphatic carbocycles. The van der Waals surface area contributed by atoms with Gasteiger partial charge in [0.25, 0.3) is 5.91 Å². The number of benzene rings is 1. The van der Waals surface area contributed by atoms with Crippen LogP contribution in [-0.4, -0.2) is 40.6 Å². The molecule has 1 N–H and O–H groups in total. The van der Waals surface area contributed by atoms with E-state index < -0.39 is 5.60 Å². The quantitative estimate of drug-likeness (QED) is 0.717. The smallest absolute Gasteiger partial charge is 0.407 e. The van der Waals surface area contributed by atoms with Crippen molar-refractivity contribution in [2.75, 3.05) is 0 Å². The van der Waals surface area contributed by atoms with Gasteiger partial charge in [-0.15, -0.1) is 0 Å². The number of carbonyl (C=O) groups excluding carboxylic acids is 2. The van der Waals surface area contributed by atoms with Crippen LogP contribution in [0, 0.1) is 0 Å². The molecule has 2 fully saturated rings. The molecule has 2 saturated heterocycles. The lowest BCUT2D eigenvalue weighted by atomic mass is 9.96. The summed E-state index contributed by atoms with van der Waals surface area (Å²) >= 11 is 9.41. The number of rotatable bonds is 2. The number of halogens is 2. The molecule has 2 bridgehead atoms. The first-order chi connectivity index (χ1) is 12.1. The molecule has 142 valence electrons. The molecule has 3 atom stereocenters. The van der Waals surface area contributed by atoms with Crippen molar-refractivity contribution in [2.45, 2.75) is 70.2 Å². The van der Waals surface area contributed by atoms with Gasteiger partial charge in [0.15, 0.2) is 0 Å². The average Bonchev–Trinajstić information content (AvgIpc) is 2.78. The third-order valence-corrected chi connectivity index (χ3v) is 6.07. The standard InChI is InChI=1S/C19H24BrClN2O3/c1-19(2,3)26-18(25)22-12-9-13-5-6-14(10-12)23(13)17(24)11-4-7-16(21)15(20)8-11/h4,7-8,12-14H,5-6,9-10H2,1-3H3,(H,22,25)/t12?,13-,14+. The van der Waals surface area contributed by atoms with Crippen LogP contribution >= 0.6 is 27.5 Å². The van der Waals surface area contributed by atoms with Crippen LogP contribution in [-0.2, 0) is 4.74 Å². The number of alkyl carbamates (subject to hydrolysis) is 1. The maximum absolute atomic E-state index is 13.0. The van der Waals surface area contributed by atoms with Crippen LogP contribution in [0.4, 0.5) is 4.79 Å². The Morgan fingerprint density at radius 1 is 1.23 bits per heavy atom. The van der Waals surface area contributed by atoms with E-state index in [1.54, 1.807) is 18.2 Å². The van der Waals surface area contributed by atoms with Crippen molar-refractivity contribution < 1.29 is 14.3 Å². The molecule has 0 radical (unpaired) electrons. The SMILES string of the molecule is CC(C)(C)OC(=O)NC1C[C@H]2CC[C@@H](C1)N2C(=O)c1ccc(Cl)c(Br)c1. The number of hydrogen-bond donors (Lipinski definition) is 1. The van der Waals surface area contributed by atoms with Crippen LogP contribution in [0.15, 0.2) is 22.7 Å². The van der Waals surface area contributed by atoms with Gasteiger partial charge in [0, 0.05) is 28.2 Å². The first-order valence-corrected chi connectivity index (χ1v) is 10.1. The Labute approximate surface area is 167 Å². The molecule has 26 heavy (non-hydrogen) atoms. The number of piperidine rings is 1. The summed E-state index contributed by atoms with van der Waals surface area (Å²) in [4.78, 5) is 27.0. The van der Waals surface area contributed by atoms with Gasteiger partial charge in [-0.3, -0.25) is 4.79 Å². The second-order valence-electron chi connectivity index (χ2n) is 8.04. The van der Waals surface area contributed by atoms with Gasteiger partial charge >= 0.3 is 6.09 Å². The highest BCUT2D eigenvalue weighted by atomic mass is 79.9. The van der Waals surface area contributed by atoms with Gasteiger partial charge < -0.3 is 15.0 Å². The molecule has 2 aliphatic heterocycles. The lowest BCUT2D eigenvalue weighted by molar-refractivity contribution is 0.0418. The lowest BCUT2D eigenvalue weighted by Crippen LogP contribution is -2.53. The molecular formula is C19H24BrClN2O3. The van der Waals surface area contributed by atoms with Gasteiger partial charge in [0.2, 0.25) is 0 Å². The zero-order chi connectivity index (χ0) is 19.1. The summed E-state index contributed by atoms with van der Waals surface area (Å²) < 4.78 is 6.07. The minimum absolute atomic E-state index is 0.0329. The van der Waals surface area contributed by atoms with E-state index in [2.05, 4.69) is 21.2 Å². The minimum atomic E-state index is -0.512. The Balaban J connectivity index is 1.66. The molecule has 1 unspecified atom stereocenters. The topological polar surface area (TPSA) is 58.6 Å². The van der Waals surface area contributed by atoms with E-state index in [1.807, 2.05) is 25.7 Å². The molecule has 3 rings (SSSR count). The number of nitrogens with one attached hydrogen (secondary N) is 1. The van der Waals surface area contributed by atoms with Crippen LogP contribution in [0.25, 0.3) is 0 Å². The van der Waals surface area contributed by atoms with Gasteiger partial charge in [-0.25, -0.2) is 4.79 Å². The maximum Gasteiger partial charge on any atom is 0.407 e. The van der Waals surface area contributed by atoms with E-state index in [0.29, 0.717) is 10.6 Å². The summed E-state index contributed by atoms with van der Waals surface area (Å²) in [6, 6.07) is 5.61. The zero-order valence-electron chi connectivity index (χ0n) is 15.2. The van der Waals surface area contributed by atoms with Gasteiger partial charge in [-0.1, -0.05) is 11.6 Å². The number of amides is 2. The van der Waals surface area contributed by atoms with Crippen LogP contribution in [0.2, 0.25) is 5.02 Å². The number of fused-ring (bicyclic) bond motifs is 2. The van der Waals surface area contributed by atoms with E-state index in [1.165, 1.54) is 0 Å². The monoisotopic (exact) mass is 442 g/mol. The van der Waals surface area contributed by atoms with E-state index in [9.17, 15) is 9.59 Å². The van der Waals surface area contributed by atoms with Crippen LogP contribution < -0.4 is 5.32 Å². The molecule has 5 nitrogen and oxygen atoms in total. The summed E-state index contributed by atoms with van der Waals surface area (Å²) in [6.45, 7) is 5.55. The fraction of sp³-hybridized carbons (Fsp3) is 0.579. The number of ether oxygens (including phenoxy) is 1. The summed E-state index contributed by atoms with van der Waals surface area (Å²) in [5.74, 6) is 0.0329. The summed E-state index contributed by atoms with van der Waals surface area (Å²) in [7, 11) is 0. The first-order valence-electron chi connectivity index (χ1n) is 8.91. The van der Waals surface area contributed by atoms with Crippen molar-refractivity contribution in [3.8, 4) is 0 Å². The van der Waals surface area contributed by atoms with E-state index in [4.69, 9.17) is 16.3 Å². The molecule has 0 saturated carbocycles. The number of hydrogen-bond acceptors (Lipinski definition) is 3. The Kier molecular flexibility index (Phi) is 5.54. The van der Waals surface area contributed by atoms with Gasteiger partial charge in [-0.05, 0) is 80.6 Å². The third kappa shape index (κ3) is 4.34. The number of nitrogens with zero attached hydrogens (tertiary/aromatic N) is 1. The Bertz CT molecular complexity index is 705. The third-order valence-electron chi connectivity index (χ3n) is 4.86. The highest BCUT2D eigenvalue weighted by molar-refractivity contribution is 9.10. The van der Waals surface area contributed by atoms with E-state index >= 15 is 0 Å². The molecular weight excluding hydrogens is 420 g/mol. The Hall–Kier alpha value is -1.27. The molecule has 1 aromatic carbocycles. The van der Waals surface area contributed by atoms with Crippen LogP contribution in [0.3, 0.4) is 0 Å². The predicted molar refractivity (Wildman–Crippen MR) is 105 cm³/mol. The van der Waals surface area contributed by atoms with Crippen molar-refractivity contribution in [3.05, 3.63) is 33.3 Å². The molecule has 1 aromatic rings. The van der Waals surface area contributed by atoms with Crippen molar-refractivity contribution in [3.63, 3.8) is 0 Å². The van der Waals surface area contributed by atoms with Crippen molar-refractivity contribution in [2.24, 2.45) is 0 Å². The molecule has 0 spiro atoms. The van der Waals surface area contributed by atoms with Gasteiger partial charge in [0.1, 0.15) is 5.60 Å². The fourth-order valence-electron chi connectivity index (χ4n) is 3.88. The largest absolute Gasteiger partial charge is 0.444 e. The first kappa shape index (κ1) is 19.5. The van der Waals surface area contributed by atoms with Crippen molar-refractivity contribution in [1.82, 2.24) is 10.2 Å². The van der Waals surface area contributed by atoms with Gasteiger partial charge in [0.05, 0.1) is 5.02 Å². The van der Waals surface area contributed by atoms with E-state index in [0.717, 1.165) is 30.2 Å². The summed E-state index contributed by atoms with van der Waals surface area (Å²) in [6.07, 6.45) is 3.07. The summed E-state index contributed by atoms with van der Waals surface area (Å²) in [5, 5.41) is 3.56. The van der Waals surface area contributed by atoms with Gasteiger partial charge in [-0.2, -0.15) is 0 Å². The zero-order valence-corrected chi connectivity index (χ0v) is 17.6. The number of carbonyl (C=O) groups is 2. The predicted octanol–water partition coefficient (Wildman–Crippen LogP) is 4.76. The molecule has 2 amide bonds. The van der Waals surface area contributed by atoms with Crippen LogP contribution in [0.1, 0.15) is 56.8 Å². The Morgan fingerprint density at radius 2 is 1.85 bits per heavy atom. The van der Waals surface area contributed by atoms with E-state index in [-0.39, 0.29) is 30.1 Å².